The molecule has 1 aromatic heterocycles. The molecule has 4 rings (SSSR count). The Bertz CT molecular complexity index is 1370. The molecule has 0 aliphatic heterocycles. The van der Waals surface area contributed by atoms with Gasteiger partial charge >= 0.3 is 5.69 Å². The predicted molar refractivity (Wildman–Crippen MR) is 131 cm³/mol. The Hall–Kier alpha value is -4.50. The standard InChI is InChI=1S/C26H25N3O6/c1-34-20-10-6-16(7-11-20)17-4-3-5-18(14-17)24(31)23-25(32)29(26(33)28-23)15-22(30)27-19-8-12-21(35-2)13-9-19/h3-14,24,31-32H,15H2,1-2H3,(H,27,30)(H,28,33). The third-order valence-electron chi connectivity index (χ3n) is 5.56. The Morgan fingerprint density at radius 1 is 0.971 bits per heavy atom. The lowest BCUT2D eigenvalue weighted by Crippen LogP contribution is -2.25. The number of methoxy groups -OCH3 is 2. The Balaban J connectivity index is 1.52. The summed E-state index contributed by atoms with van der Waals surface area (Å²) in [5, 5.41) is 24.2. The van der Waals surface area contributed by atoms with Crippen LogP contribution in [-0.2, 0) is 11.3 Å². The number of anilines is 1. The smallest absolute Gasteiger partial charge is 0.329 e. The van der Waals surface area contributed by atoms with Gasteiger partial charge in [0.05, 0.1) is 14.2 Å². The second-order valence-corrected chi connectivity index (χ2v) is 7.79. The molecule has 0 aliphatic rings. The van der Waals surface area contributed by atoms with Crippen LogP contribution in [0.4, 0.5) is 5.69 Å². The highest BCUT2D eigenvalue weighted by atomic mass is 16.5. The van der Waals surface area contributed by atoms with Gasteiger partial charge in [-0.25, -0.2) is 4.79 Å². The zero-order valence-corrected chi connectivity index (χ0v) is 19.2. The van der Waals surface area contributed by atoms with Crippen LogP contribution in [0.5, 0.6) is 17.4 Å². The number of aromatic hydroxyl groups is 1. The fourth-order valence-corrected chi connectivity index (χ4v) is 3.67. The molecule has 35 heavy (non-hydrogen) atoms. The van der Waals surface area contributed by atoms with E-state index in [1.54, 1.807) is 49.6 Å². The van der Waals surface area contributed by atoms with Gasteiger partial charge in [-0.1, -0.05) is 30.3 Å². The normalized spacial score (nSPS) is 11.6. The maximum atomic E-state index is 12.4. The van der Waals surface area contributed by atoms with Gasteiger partial charge in [0.1, 0.15) is 29.8 Å². The SMILES string of the molecule is COc1ccc(NC(=O)Cn2c(O)c(C(O)c3cccc(-c4ccc(OC)cc4)c3)[nH]c2=O)cc1. The number of nitrogens with one attached hydrogen (secondary N) is 2. The molecule has 0 aliphatic carbocycles. The van der Waals surface area contributed by atoms with Crippen molar-refractivity contribution in [1.29, 1.82) is 0 Å². The van der Waals surface area contributed by atoms with E-state index in [-0.39, 0.29) is 5.69 Å². The maximum Gasteiger partial charge on any atom is 0.329 e. The minimum atomic E-state index is -1.31. The van der Waals surface area contributed by atoms with Gasteiger partial charge in [0.25, 0.3) is 0 Å². The number of carbonyl (C=O) groups is 1. The number of amides is 1. The van der Waals surface area contributed by atoms with Gasteiger partial charge < -0.3 is 30.0 Å². The van der Waals surface area contributed by atoms with Gasteiger partial charge in [0.2, 0.25) is 11.8 Å². The van der Waals surface area contributed by atoms with E-state index in [1.807, 2.05) is 30.3 Å². The summed E-state index contributed by atoms with van der Waals surface area (Å²) in [6.45, 7) is -0.439. The minimum Gasteiger partial charge on any atom is -0.497 e. The van der Waals surface area contributed by atoms with Crippen LogP contribution in [0.15, 0.2) is 77.6 Å². The number of rotatable bonds is 8. The number of aromatic amines is 1. The first-order valence-corrected chi connectivity index (χ1v) is 10.8. The van der Waals surface area contributed by atoms with E-state index < -0.39 is 30.1 Å². The average Bonchev–Trinajstić information content (AvgIpc) is 3.17. The Kier molecular flexibility index (Phi) is 6.88. The molecule has 4 aromatic rings. The van der Waals surface area contributed by atoms with Gasteiger partial charge in [0.15, 0.2) is 0 Å². The molecule has 0 bridgehead atoms. The summed E-state index contributed by atoms with van der Waals surface area (Å²) in [7, 11) is 3.13. The van der Waals surface area contributed by atoms with Crippen molar-refractivity contribution < 1.29 is 24.5 Å². The molecular weight excluding hydrogens is 450 g/mol. The zero-order chi connectivity index (χ0) is 24.9. The van der Waals surface area contributed by atoms with Crippen molar-refractivity contribution in [3.05, 3.63) is 94.5 Å². The minimum absolute atomic E-state index is 0.0980. The topological polar surface area (TPSA) is 126 Å². The monoisotopic (exact) mass is 475 g/mol. The lowest BCUT2D eigenvalue weighted by atomic mass is 9.99. The van der Waals surface area contributed by atoms with Crippen molar-refractivity contribution in [2.75, 3.05) is 19.5 Å². The second-order valence-electron chi connectivity index (χ2n) is 7.79. The summed E-state index contributed by atoms with van der Waals surface area (Å²) in [4.78, 5) is 27.3. The number of imidazole rings is 1. The summed E-state index contributed by atoms with van der Waals surface area (Å²) in [5.74, 6) is 0.332. The Morgan fingerprint density at radius 2 is 1.60 bits per heavy atom. The van der Waals surface area contributed by atoms with Crippen LogP contribution in [0, 0.1) is 0 Å². The summed E-state index contributed by atoms with van der Waals surface area (Å²) in [6, 6.07) is 21.2. The number of carbonyl (C=O) groups excluding carboxylic acids is 1. The number of aliphatic hydroxyl groups excluding tert-OH is 1. The van der Waals surface area contributed by atoms with E-state index in [9.17, 15) is 19.8 Å². The molecular formula is C26H25N3O6. The molecule has 1 atom stereocenters. The number of hydrogen-bond acceptors (Lipinski definition) is 6. The molecule has 180 valence electrons. The Morgan fingerprint density at radius 3 is 2.23 bits per heavy atom. The molecule has 1 amide bonds. The van der Waals surface area contributed by atoms with Gasteiger partial charge in [-0.2, -0.15) is 0 Å². The number of aromatic nitrogens is 2. The molecule has 9 heteroatoms. The number of hydrogen-bond donors (Lipinski definition) is 4. The predicted octanol–water partition coefficient (Wildman–Crippen LogP) is 3.29. The first-order valence-electron chi connectivity index (χ1n) is 10.8. The number of benzene rings is 3. The highest BCUT2D eigenvalue weighted by Gasteiger charge is 2.23. The molecule has 1 heterocycles. The van der Waals surface area contributed by atoms with Crippen molar-refractivity contribution in [3.8, 4) is 28.5 Å². The summed E-state index contributed by atoms with van der Waals surface area (Å²) in [5.41, 5.74) is 1.90. The highest BCUT2D eigenvalue weighted by molar-refractivity contribution is 5.90. The van der Waals surface area contributed by atoms with E-state index in [4.69, 9.17) is 9.47 Å². The number of aliphatic hydroxyl groups is 1. The molecule has 0 saturated heterocycles. The third kappa shape index (κ3) is 5.20. The van der Waals surface area contributed by atoms with Crippen molar-refractivity contribution in [1.82, 2.24) is 9.55 Å². The van der Waals surface area contributed by atoms with Crippen LogP contribution in [0.25, 0.3) is 11.1 Å². The molecule has 4 N–H and O–H groups in total. The fraction of sp³-hybridized carbons (Fsp3) is 0.154. The van der Waals surface area contributed by atoms with Crippen LogP contribution in [0.3, 0.4) is 0 Å². The second kappa shape index (κ2) is 10.2. The number of nitrogens with zero attached hydrogens (tertiary/aromatic N) is 1. The van der Waals surface area contributed by atoms with E-state index in [2.05, 4.69) is 10.3 Å². The van der Waals surface area contributed by atoms with Gasteiger partial charge in [-0.05, 0) is 59.2 Å². The van der Waals surface area contributed by atoms with Crippen molar-refractivity contribution in [2.45, 2.75) is 12.6 Å². The summed E-state index contributed by atoms with van der Waals surface area (Å²) in [6.07, 6.45) is -1.31. The summed E-state index contributed by atoms with van der Waals surface area (Å²) < 4.78 is 11.1. The fourth-order valence-electron chi connectivity index (χ4n) is 3.67. The first-order chi connectivity index (χ1) is 16.9. The van der Waals surface area contributed by atoms with Crippen LogP contribution in [0.1, 0.15) is 17.4 Å². The Labute approximate surface area is 201 Å². The van der Waals surface area contributed by atoms with Crippen molar-refractivity contribution in [3.63, 3.8) is 0 Å². The highest BCUT2D eigenvalue weighted by Crippen LogP contribution is 2.30. The molecule has 0 radical (unpaired) electrons. The largest absolute Gasteiger partial charge is 0.497 e. The van der Waals surface area contributed by atoms with E-state index in [0.29, 0.717) is 17.0 Å². The van der Waals surface area contributed by atoms with Gasteiger partial charge in [0, 0.05) is 5.69 Å². The van der Waals surface area contributed by atoms with Crippen LogP contribution in [-0.4, -0.2) is 39.9 Å². The molecule has 0 fully saturated rings. The first kappa shape index (κ1) is 23.7. The van der Waals surface area contributed by atoms with Crippen LogP contribution in [0.2, 0.25) is 0 Å². The molecule has 1 unspecified atom stereocenters. The lowest BCUT2D eigenvalue weighted by molar-refractivity contribution is -0.116. The zero-order valence-electron chi connectivity index (χ0n) is 19.2. The average molecular weight is 476 g/mol. The molecule has 0 saturated carbocycles. The molecule has 0 spiro atoms. The van der Waals surface area contributed by atoms with E-state index >= 15 is 0 Å². The molecule has 3 aromatic carbocycles. The van der Waals surface area contributed by atoms with E-state index in [1.165, 1.54) is 7.11 Å². The van der Waals surface area contributed by atoms with Gasteiger partial charge in [-0.15, -0.1) is 0 Å². The third-order valence-corrected chi connectivity index (χ3v) is 5.56. The van der Waals surface area contributed by atoms with Crippen LogP contribution >= 0.6 is 0 Å². The molecule has 9 nitrogen and oxygen atoms in total. The maximum absolute atomic E-state index is 12.4. The lowest BCUT2D eigenvalue weighted by Gasteiger charge is -2.12. The summed E-state index contributed by atoms with van der Waals surface area (Å²) >= 11 is 0. The number of ether oxygens (including phenoxy) is 2. The van der Waals surface area contributed by atoms with E-state index in [0.717, 1.165) is 21.4 Å². The quantitative estimate of drug-likeness (QED) is 0.310. The van der Waals surface area contributed by atoms with Crippen molar-refractivity contribution >= 4 is 11.6 Å². The van der Waals surface area contributed by atoms with Crippen LogP contribution < -0.4 is 20.5 Å². The van der Waals surface area contributed by atoms with Crippen molar-refractivity contribution in [2.24, 2.45) is 0 Å². The number of H-pyrrole nitrogens is 1. The van der Waals surface area contributed by atoms with Gasteiger partial charge in [-0.3, -0.25) is 9.36 Å².